The fourth-order valence-electron chi connectivity index (χ4n) is 1.12. The van der Waals surface area contributed by atoms with Gasteiger partial charge in [-0.1, -0.05) is 5.92 Å². The first-order valence-corrected chi connectivity index (χ1v) is 3.96. The highest BCUT2D eigenvalue weighted by Crippen LogP contribution is 2.30. The van der Waals surface area contributed by atoms with Crippen molar-refractivity contribution in [3.63, 3.8) is 0 Å². The molecule has 0 aromatic heterocycles. The lowest BCUT2D eigenvalue weighted by atomic mass is 9.83. The molecule has 1 rings (SSSR count). The molecule has 1 heterocycles. The molecule has 0 amide bonds. The third kappa shape index (κ3) is 1.77. The third-order valence-corrected chi connectivity index (χ3v) is 2.10. The van der Waals surface area contributed by atoms with Crippen LogP contribution in [0.15, 0.2) is 11.8 Å². The van der Waals surface area contributed by atoms with Crippen molar-refractivity contribution in [1.29, 1.82) is 0 Å². The van der Waals surface area contributed by atoms with Gasteiger partial charge in [0, 0.05) is 5.41 Å². The Morgan fingerprint density at radius 1 is 1.64 bits per heavy atom. The van der Waals surface area contributed by atoms with Crippen molar-refractivity contribution < 1.29 is 4.74 Å². The second kappa shape index (κ2) is 3.00. The Morgan fingerprint density at radius 3 is 2.82 bits per heavy atom. The molecule has 1 aliphatic rings. The van der Waals surface area contributed by atoms with Gasteiger partial charge in [0.2, 0.25) is 0 Å². The second-order valence-electron chi connectivity index (χ2n) is 3.39. The molecule has 0 bridgehead atoms. The highest BCUT2D eigenvalue weighted by molar-refractivity contribution is 5.22. The van der Waals surface area contributed by atoms with Crippen LogP contribution in [0.1, 0.15) is 26.7 Å². The predicted molar refractivity (Wildman–Crippen MR) is 45.9 cm³/mol. The fourth-order valence-corrected chi connectivity index (χ4v) is 1.12. The van der Waals surface area contributed by atoms with Gasteiger partial charge in [-0.25, -0.2) is 0 Å². The summed E-state index contributed by atoms with van der Waals surface area (Å²) in [5.74, 6) is 2.76. The van der Waals surface area contributed by atoms with Crippen molar-refractivity contribution in [2.45, 2.75) is 26.7 Å². The van der Waals surface area contributed by atoms with Crippen LogP contribution in [0.5, 0.6) is 0 Å². The van der Waals surface area contributed by atoms with E-state index in [0.29, 0.717) is 0 Å². The molecular weight excluding hydrogens is 136 g/mol. The van der Waals surface area contributed by atoms with Gasteiger partial charge in [-0.3, -0.25) is 0 Å². The van der Waals surface area contributed by atoms with Crippen molar-refractivity contribution in [2.75, 3.05) is 6.61 Å². The van der Waals surface area contributed by atoms with E-state index < -0.39 is 0 Å². The molecular formula is C10H14O. The summed E-state index contributed by atoms with van der Waals surface area (Å²) < 4.78 is 5.21. The number of hydrogen-bond acceptors (Lipinski definition) is 1. The van der Waals surface area contributed by atoms with Gasteiger partial charge >= 0.3 is 0 Å². The molecule has 0 radical (unpaired) electrons. The average Bonchev–Trinajstić information content (AvgIpc) is 2.06. The van der Waals surface area contributed by atoms with E-state index in [1.165, 1.54) is 5.57 Å². The van der Waals surface area contributed by atoms with Crippen LogP contribution in [-0.2, 0) is 4.74 Å². The zero-order chi connectivity index (χ0) is 8.32. The number of terminal acetylenes is 1. The molecule has 1 heteroatoms. The van der Waals surface area contributed by atoms with Crippen LogP contribution in [0.2, 0.25) is 0 Å². The SMILES string of the molecule is C#CC(C)(C)C1=COCCC1. The normalized spacial score (nSPS) is 18.1. The second-order valence-corrected chi connectivity index (χ2v) is 3.39. The Bertz CT molecular complexity index is 205. The number of ether oxygens (including phenoxy) is 1. The van der Waals surface area contributed by atoms with E-state index >= 15 is 0 Å². The van der Waals surface area contributed by atoms with Crippen molar-refractivity contribution >= 4 is 0 Å². The van der Waals surface area contributed by atoms with Gasteiger partial charge in [0.15, 0.2) is 0 Å². The van der Waals surface area contributed by atoms with E-state index in [2.05, 4.69) is 5.92 Å². The number of rotatable bonds is 1. The van der Waals surface area contributed by atoms with Gasteiger partial charge in [-0.2, -0.15) is 0 Å². The summed E-state index contributed by atoms with van der Waals surface area (Å²) >= 11 is 0. The van der Waals surface area contributed by atoms with E-state index in [1.807, 2.05) is 20.1 Å². The molecule has 0 aromatic rings. The van der Waals surface area contributed by atoms with E-state index in [4.69, 9.17) is 11.2 Å². The van der Waals surface area contributed by atoms with Crippen molar-refractivity contribution in [3.05, 3.63) is 11.8 Å². The fraction of sp³-hybridized carbons (Fsp3) is 0.600. The Balaban J connectivity index is 2.74. The van der Waals surface area contributed by atoms with Crippen LogP contribution in [-0.4, -0.2) is 6.61 Å². The Labute approximate surface area is 68.4 Å². The van der Waals surface area contributed by atoms with Gasteiger partial charge in [0.25, 0.3) is 0 Å². The number of hydrogen-bond donors (Lipinski definition) is 0. The molecule has 1 aliphatic heterocycles. The van der Waals surface area contributed by atoms with Gasteiger partial charge < -0.3 is 4.74 Å². The molecule has 11 heavy (non-hydrogen) atoms. The smallest absolute Gasteiger partial charge is 0.0876 e. The van der Waals surface area contributed by atoms with Crippen molar-refractivity contribution in [2.24, 2.45) is 5.41 Å². The first-order chi connectivity index (χ1) is 5.17. The maximum absolute atomic E-state index is 5.39. The van der Waals surface area contributed by atoms with Crippen molar-refractivity contribution in [1.82, 2.24) is 0 Å². The zero-order valence-electron chi connectivity index (χ0n) is 7.18. The predicted octanol–water partition coefficient (Wildman–Crippen LogP) is 2.34. The minimum atomic E-state index is -0.125. The van der Waals surface area contributed by atoms with Gasteiger partial charge in [-0.05, 0) is 32.3 Å². The largest absolute Gasteiger partial charge is 0.501 e. The Hall–Kier alpha value is -0.900. The van der Waals surface area contributed by atoms with Gasteiger partial charge in [0.05, 0.1) is 12.9 Å². The third-order valence-electron chi connectivity index (χ3n) is 2.10. The van der Waals surface area contributed by atoms with Crippen LogP contribution in [0, 0.1) is 17.8 Å². The van der Waals surface area contributed by atoms with E-state index in [0.717, 1.165) is 19.4 Å². The molecule has 0 saturated heterocycles. The molecule has 0 atom stereocenters. The van der Waals surface area contributed by atoms with Gasteiger partial charge in [-0.15, -0.1) is 6.42 Å². The lowest BCUT2D eigenvalue weighted by molar-refractivity contribution is 0.215. The van der Waals surface area contributed by atoms with Crippen LogP contribution in [0.3, 0.4) is 0 Å². The lowest BCUT2D eigenvalue weighted by Crippen LogP contribution is -2.15. The maximum Gasteiger partial charge on any atom is 0.0876 e. The van der Waals surface area contributed by atoms with E-state index in [-0.39, 0.29) is 5.41 Å². The molecule has 60 valence electrons. The summed E-state index contributed by atoms with van der Waals surface area (Å²) in [7, 11) is 0. The summed E-state index contributed by atoms with van der Waals surface area (Å²) in [6.07, 6.45) is 9.39. The molecule has 1 nitrogen and oxygen atoms in total. The van der Waals surface area contributed by atoms with Crippen LogP contribution >= 0.6 is 0 Å². The molecule has 0 spiro atoms. The molecule has 0 saturated carbocycles. The molecule has 0 aliphatic carbocycles. The quantitative estimate of drug-likeness (QED) is 0.521. The molecule has 0 N–H and O–H groups in total. The summed E-state index contributed by atoms with van der Waals surface area (Å²) in [6.45, 7) is 4.94. The van der Waals surface area contributed by atoms with Crippen LogP contribution in [0.25, 0.3) is 0 Å². The van der Waals surface area contributed by atoms with Crippen molar-refractivity contribution in [3.8, 4) is 12.3 Å². The highest BCUT2D eigenvalue weighted by Gasteiger charge is 2.21. The Morgan fingerprint density at radius 2 is 2.36 bits per heavy atom. The molecule has 0 unspecified atom stereocenters. The first-order valence-electron chi connectivity index (χ1n) is 3.96. The zero-order valence-corrected chi connectivity index (χ0v) is 7.18. The summed E-state index contributed by atoms with van der Waals surface area (Å²) in [4.78, 5) is 0. The van der Waals surface area contributed by atoms with Crippen LogP contribution in [0.4, 0.5) is 0 Å². The molecule has 0 aromatic carbocycles. The summed E-state index contributed by atoms with van der Waals surface area (Å²) in [5.41, 5.74) is 1.12. The van der Waals surface area contributed by atoms with Gasteiger partial charge in [0.1, 0.15) is 0 Å². The first kappa shape index (κ1) is 8.20. The van der Waals surface area contributed by atoms with Crippen LogP contribution < -0.4 is 0 Å². The number of allylic oxidation sites excluding steroid dienone is 1. The van der Waals surface area contributed by atoms with E-state index in [1.54, 1.807) is 0 Å². The summed E-state index contributed by atoms with van der Waals surface area (Å²) in [5, 5.41) is 0. The van der Waals surface area contributed by atoms with E-state index in [9.17, 15) is 0 Å². The molecule has 0 fully saturated rings. The maximum atomic E-state index is 5.39. The lowest BCUT2D eigenvalue weighted by Gasteiger charge is -2.24. The topological polar surface area (TPSA) is 9.23 Å². The Kier molecular flexibility index (Phi) is 2.24. The minimum absolute atomic E-state index is 0.125. The highest BCUT2D eigenvalue weighted by atomic mass is 16.5. The minimum Gasteiger partial charge on any atom is -0.501 e. The summed E-state index contributed by atoms with van der Waals surface area (Å²) in [6, 6.07) is 0. The standard InChI is InChI=1S/C10H14O/c1-4-10(2,3)9-6-5-7-11-8-9/h1,8H,5-7H2,2-3H3. The average molecular weight is 150 g/mol. The monoisotopic (exact) mass is 150 g/mol.